The molecule has 150 valence electrons. The normalized spacial score (nSPS) is 30.3. The molecule has 2 aliphatic rings. The van der Waals surface area contributed by atoms with Gasteiger partial charge in [-0.1, -0.05) is 38.8 Å². The largest absolute Gasteiger partial charge is 0.491 e. The van der Waals surface area contributed by atoms with Gasteiger partial charge in [0.05, 0.1) is 12.5 Å². The van der Waals surface area contributed by atoms with Crippen LogP contribution < -0.4 is 4.74 Å². The van der Waals surface area contributed by atoms with Crippen molar-refractivity contribution in [3.63, 3.8) is 0 Å². The molecule has 1 aromatic rings. The van der Waals surface area contributed by atoms with E-state index in [0.29, 0.717) is 41.4 Å². The highest BCUT2D eigenvalue weighted by atomic mass is 35.5. The fraction of sp³-hybridized carbons (Fsp3) is 0.682. The van der Waals surface area contributed by atoms with Gasteiger partial charge in [0.2, 0.25) is 0 Å². The molecule has 0 spiro atoms. The quantitative estimate of drug-likeness (QED) is 0.554. The molecule has 3 nitrogen and oxygen atoms in total. The molecule has 0 radical (unpaired) electrons. The maximum Gasteiger partial charge on any atom is 0.309 e. The van der Waals surface area contributed by atoms with Crippen LogP contribution >= 0.6 is 11.6 Å². The zero-order chi connectivity index (χ0) is 19.7. The van der Waals surface area contributed by atoms with Gasteiger partial charge in [0.25, 0.3) is 0 Å². The topological polar surface area (TPSA) is 35.5 Å². The summed E-state index contributed by atoms with van der Waals surface area (Å²) in [6.45, 7) is 8.78. The molecule has 0 saturated heterocycles. The van der Waals surface area contributed by atoms with E-state index in [0.717, 1.165) is 12.8 Å². The van der Waals surface area contributed by atoms with Gasteiger partial charge in [-0.3, -0.25) is 4.79 Å². The molecule has 1 aromatic carbocycles. The van der Waals surface area contributed by atoms with Crippen LogP contribution in [0.15, 0.2) is 12.1 Å². The van der Waals surface area contributed by atoms with Crippen LogP contribution in [0.3, 0.4) is 0 Å². The lowest BCUT2D eigenvalue weighted by Crippen LogP contribution is -2.36. The molecule has 0 bridgehead atoms. The Kier molecular flexibility index (Phi) is 6.35. The molecule has 0 aromatic heterocycles. The average Bonchev–Trinajstić information content (AvgIpc) is 3.38. The lowest BCUT2D eigenvalue weighted by atomic mass is 9.75. The third-order valence-electron chi connectivity index (χ3n) is 6.08. The van der Waals surface area contributed by atoms with Crippen molar-refractivity contribution >= 4 is 17.6 Å². The molecule has 2 aliphatic carbocycles. The highest BCUT2D eigenvalue weighted by Crippen LogP contribution is 2.52. The lowest BCUT2D eigenvalue weighted by molar-refractivity contribution is -0.157. The van der Waals surface area contributed by atoms with E-state index in [1.807, 2.05) is 0 Å². The minimum Gasteiger partial charge on any atom is -0.491 e. The molecular weight excluding hydrogens is 367 g/mol. The van der Waals surface area contributed by atoms with Crippen LogP contribution in [0.25, 0.3) is 0 Å². The van der Waals surface area contributed by atoms with Crippen LogP contribution in [0.5, 0.6) is 5.75 Å². The van der Waals surface area contributed by atoms with Crippen LogP contribution in [-0.4, -0.2) is 18.7 Å². The van der Waals surface area contributed by atoms with Gasteiger partial charge in [-0.05, 0) is 56.1 Å². The van der Waals surface area contributed by atoms with Gasteiger partial charge in [-0.2, -0.15) is 0 Å². The van der Waals surface area contributed by atoms with Crippen LogP contribution in [0.4, 0.5) is 4.39 Å². The summed E-state index contributed by atoms with van der Waals surface area (Å²) in [5, 5.41) is 0.350. The second kappa shape index (κ2) is 8.38. The molecule has 0 aliphatic heterocycles. The molecule has 0 N–H and O–H groups in total. The average molecular weight is 397 g/mol. The number of ether oxygens (including phenoxy) is 2. The summed E-state index contributed by atoms with van der Waals surface area (Å²) < 4.78 is 26.0. The lowest BCUT2D eigenvalue weighted by Gasteiger charge is -2.36. The summed E-state index contributed by atoms with van der Waals surface area (Å²) in [5.41, 5.74) is 0.391. The first-order valence-electron chi connectivity index (χ1n) is 10.1. The zero-order valence-electron chi connectivity index (χ0n) is 16.6. The Morgan fingerprint density at radius 2 is 2.04 bits per heavy atom. The van der Waals surface area contributed by atoms with Gasteiger partial charge in [0.15, 0.2) is 11.6 Å². The molecular formula is C22H30ClFO3. The molecule has 5 heteroatoms. The van der Waals surface area contributed by atoms with Crippen LogP contribution in [0.1, 0.15) is 64.9 Å². The number of rotatable bonds is 6. The minimum atomic E-state index is -0.448. The summed E-state index contributed by atoms with van der Waals surface area (Å²) in [7, 11) is 0. The number of hydrogen-bond donors (Lipinski definition) is 0. The maximum atomic E-state index is 14.8. The summed E-state index contributed by atoms with van der Waals surface area (Å²) in [6.07, 6.45) is 3.76. The van der Waals surface area contributed by atoms with Crippen molar-refractivity contribution in [2.24, 2.45) is 23.7 Å². The van der Waals surface area contributed by atoms with Crippen molar-refractivity contribution in [2.45, 2.75) is 65.4 Å². The Morgan fingerprint density at radius 3 is 2.70 bits per heavy atom. The SMILES string of the molecule is CCOc1ccc(Cl)c([C@H]2C[C@@H]2C(=O)O[C@@H]2C[C@H](C)CC[C@H]2C(C)C)c1F. The zero-order valence-corrected chi connectivity index (χ0v) is 17.4. The fourth-order valence-corrected chi connectivity index (χ4v) is 4.70. The van der Waals surface area contributed by atoms with Gasteiger partial charge in [-0.25, -0.2) is 4.39 Å². The highest BCUT2D eigenvalue weighted by molar-refractivity contribution is 6.31. The van der Waals surface area contributed by atoms with E-state index in [1.165, 1.54) is 12.5 Å². The smallest absolute Gasteiger partial charge is 0.309 e. The van der Waals surface area contributed by atoms with E-state index in [-0.39, 0.29) is 29.7 Å². The molecule has 27 heavy (non-hydrogen) atoms. The Bertz CT molecular complexity index is 690. The first-order chi connectivity index (χ1) is 12.8. The first kappa shape index (κ1) is 20.4. The number of benzene rings is 1. The van der Waals surface area contributed by atoms with E-state index in [4.69, 9.17) is 21.1 Å². The molecule has 0 heterocycles. The fourth-order valence-electron chi connectivity index (χ4n) is 4.42. The van der Waals surface area contributed by atoms with E-state index in [1.54, 1.807) is 13.0 Å². The molecule has 3 rings (SSSR count). The molecule has 5 atom stereocenters. The van der Waals surface area contributed by atoms with Crippen molar-refractivity contribution < 1.29 is 18.7 Å². The Labute approximate surface area is 166 Å². The minimum absolute atomic E-state index is 0.0300. The van der Waals surface area contributed by atoms with Crippen molar-refractivity contribution in [3.05, 3.63) is 28.5 Å². The van der Waals surface area contributed by atoms with E-state index in [9.17, 15) is 9.18 Å². The van der Waals surface area contributed by atoms with Crippen molar-refractivity contribution in [1.29, 1.82) is 0 Å². The van der Waals surface area contributed by atoms with Crippen molar-refractivity contribution in [1.82, 2.24) is 0 Å². The standard InChI is InChI=1S/C22H30ClFO3/c1-5-26-18-9-8-17(23)20(21(18)24)15-11-16(15)22(25)27-19-10-13(4)6-7-14(19)12(2)3/h8-9,12-16,19H,5-7,10-11H2,1-4H3/t13-,14+,15+,16+,19-/m1/s1. The number of esters is 1. The Hall–Kier alpha value is -1.29. The number of carbonyl (C=O) groups is 1. The Balaban J connectivity index is 1.69. The number of hydrogen-bond acceptors (Lipinski definition) is 3. The Morgan fingerprint density at radius 1 is 1.30 bits per heavy atom. The van der Waals surface area contributed by atoms with E-state index in [2.05, 4.69) is 20.8 Å². The van der Waals surface area contributed by atoms with E-state index >= 15 is 0 Å². The van der Waals surface area contributed by atoms with Gasteiger partial charge in [-0.15, -0.1) is 0 Å². The van der Waals surface area contributed by atoms with Crippen molar-refractivity contribution in [3.8, 4) is 5.75 Å². The van der Waals surface area contributed by atoms with Gasteiger partial charge >= 0.3 is 5.97 Å². The highest BCUT2D eigenvalue weighted by Gasteiger charge is 2.49. The molecule has 0 unspecified atom stereocenters. The van der Waals surface area contributed by atoms with Gasteiger partial charge in [0, 0.05) is 16.5 Å². The second-order valence-corrected chi connectivity index (χ2v) is 8.86. The summed E-state index contributed by atoms with van der Waals surface area (Å²) in [5.74, 6) is 0.476. The number of halogens is 2. The van der Waals surface area contributed by atoms with Crippen LogP contribution in [-0.2, 0) is 9.53 Å². The maximum absolute atomic E-state index is 14.8. The van der Waals surface area contributed by atoms with Gasteiger partial charge < -0.3 is 9.47 Å². The number of carbonyl (C=O) groups excluding carboxylic acids is 1. The summed E-state index contributed by atoms with van der Waals surface area (Å²) in [6, 6.07) is 3.18. The van der Waals surface area contributed by atoms with Crippen LogP contribution in [0.2, 0.25) is 5.02 Å². The molecule has 2 fully saturated rings. The van der Waals surface area contributed by atoms with Gasteiger partial charge in [0.1, 0.15) is 6.10 Å². The summed E-state index contributed by atoms with van der Waals surface area (Å²) in [4.78, 5) is 12.7. The predicted molar refractivity (Wildman–Crippen MR) is 105 cm³/mol. The third-order valence-corrected chi connectivity index (χ3v) is 6.41. The second-order valence-electron chi connectivity index (χ2n) is 8.46. The summed E-state index contributed by atoms with van der Waals surface area (Å²) >= 11 is 6.23. The van der Waals surface area contributed by atoms with E-state index < -0.39 is 5.82 Å². The molecule has 2 saturated carbocycles. The van der Waals surface area contributed by atoms with Crippen molar-refractivity contribution in [2.75, 3.05) is 6.61 Å². The predicted octanol–water partition coefficient (Wildman–Crippen LogP) is 5.99. The molecule has 0 amide bonds. The third kappa shape index (κ3) is 4.42. The van der Waals surface area contributed by atoms with Crippen LogP contribution in [0, 0.1) is 29.5 Å². The first-order valence-corrected chi connectivity index (χ1v) is 10.5. The monoisotopic (exact) mass is 396 g/mol.